The molecule has 2 N–H and O–H groups in total. The number of hydrogen-bond acceptors (Lipinski definition) is 5. The molecule has 0 saturated carbocycles. The summed E-state index contributed by atoms with van der Waals surface area (Å²) in [4.78, 5) is 19.1. The van der Waals surface area contributed by atoms with E-state index in [4.69, 9.17) is 0 Å². The van der Waals surface area contributed by atoms with Gasteiger partial charge in [-0.15, -0.1) is 0 Å². The lowest BCUT2D eigenvalue weighted by Gasteiger charge is -2.18. The van der Waals surface area contributed by atoms with Crippen LogP contribution in [0.1, 0.15) is 10.5 Å². The first-order valence-corrected chi connectivity index (χ1v) is 9.56. The van der Waals surface area contributed by atoms with Gasteiger partial charge in [-0.25, -0.2) is 14.1 Å². The van der Waals surface area contributed by atoms with Crippen molar-refractivity contribution in [1.29, 1.82) is 0 Å². The molecule has 30 heavy (non-hydrogen) atoms. The minimum atomic E-state index is -0.731. The second-order valence-corrected chi connectivity index (χ2v) is 7.23. The largest absolute Gasteiger partial charge is 0.389 e. The number of amides is 1. The van der Waals surface area contributed by atoms with Gasteiger partial charge < -0.3 is 19.7 Å². The summed E-state index contributed by atoms with van der Waals surface area (Å²) in [6.07, 6.45) is 6.41. The van der Waals surface area contributed by atoms with Crippen molar-refractivity contribution in [3.8, 4) is 5.69 Å². The molecular formula is C21H19FN6O2. The highest BCUT2D eigenvalue weighted by molar-refractivity contribution is 5.92. The Kier molecular flexibility index (Phi) is 4.44. The van der Waals surface area contributed by atoms with Crippen LogP contribution in [-0.4, -0.2) is 55.4 Å². The molecule has 5 rings (SSSR count). The Morgan fingerprint density at radius 2 is 1.93 bits per heavy atom. The van der Waals surface area contributed by atoms with Gasteiger partial charge in [-0.1, -0.05) is 0 Å². The molecule has 3 aromatic heterocycles. The lowest BCUT2D eigenvalue weighted by atomic mass is 10.2. The zero-order chi connectivity index (χ0) is 20.7. The monoisotopic (exact) mass is 406 g/mol. The molecule has 2 atom stereocenters. The highest BCUT2D eigenvalue weighted by Crippen LogP contribution is 2.24. The van der Waals surface area contributed by atoms with Crippen LogP contribution in [0.3, 0.4) is 0 Å². The maximum Gasteiger partial charge on any atom is 0.272 e. The molecule has 1 amide bonds. The highest BCUT2D eigenvalue weighted by Gasteiger charge is 2.34. The molecule has 1 saturated heterocycles. The normalized spacial score (nSPS) is 18.8. The van der Waals surface area contributed by atoms with Crippen molar-refractivity contribution in [2.75, 3.05) is 18.0 Å². The molecule has 1 aliphatic heterocycles. The van der Waals surface area contributed by atoms with Crippen LogP contribution in [0.15, 0.2) is 67.3 Å². The summed E-state index contributed by atoms with van der Waals surface area (Å²) in [6.45, 7) is 0.802. The van der Waals surface area contributed by atoms with Gasteiger partial charge >= 0.3 is 0 Å². The standard InChI is InChI=1S/C21H19FN6O2/c22-14-3-5-15(6-4-14)28-10-7-16(25-28)21(30)24-17-12-27(13-19(17)29)20-18-2-1-9-26(18)11-8-23-20/h1-11,17,19,29H,12-13H2,(H,24,30). The van der Waals surface area contributed by atoms with Crippen molar-refractivity contribution in [3.05, 3.63) is 78.8 Å². The summed E-state index contributed by atoms with van der Waals surface area (Å²) in [5.41, 5.74) is 1.81. The van der Waals surface area contributed by atoms with Gasteiger partial charge in [0.05, 0.1) is 23.3 Å². The molecule has 1 fully saturated rings. The van der Waals surface area contributed by atoms with E-state index in [0.717, 1.165) is 11.3 Å². The van der Waals surface area contributed by atoms with E-state index in [-0.39, 0.29) is 17.4 Å². The number of rotatable bonds is 4. The first kappa shape index (κ1) is 18.3. The minimum absolute atomic E-state index is 0.219. The van der Waals surface area contributed by atoms with Gasteiger partial charge in [0.1, 0.15) is 5.82 Å². The fraction of sp³-hybridized carbons (Fsp3) is 0.190. The predicted octanol–water partition coefficient (Wildman–Crippen LogP) is 1.64. The third kappa shape index (κ3) is 3.29. The van der Waals surface area contributed by atoms with Crippen molar-refractivity contribution >= 4 is 17.2 Å². The van der Waals surface area contributed by atoms with E-state index in [1.807, 2.05) is 33.8 Å². The molecule has 0 spiro atoms. The Morgan fingerprint density at radius 1 is 1.10 bits per heavy atom. The number of aliphatic hydroxyl groups is 1. The smallest absolute Gasteiger partial charge is 0.272 e. The number of nitrogens with zero attached hydrogens (tertiary/aromatic N) is 5. The number of aliphatic hydroxyl groups excluding tert-OH is 1. The molecule has 1 aromatic carbocycles. The van der Waals surface area contributed by atoms with Gasteiger partial charge in [0.15, 0.2) is 11.5 Å². The van der Waals surface area contributed by atoms with E-state index >= 15 is 0 Å². The molecule has 152 valence electrons. The molecule has 1 aliphatic rings. The Bertz CT molecular complexity index is 1200. The van der Waals surface area contributed by atoms with Crippen LogP contribution in [0.4, 0.5) is 10.2 Å². The molecule has 0 radical (unpaired) electrons. The zero-order valence-corrected chi connectivity index (χ0v) is 15.9. The average Bonchev–Trinajstić information content (AvgIpc) is 3.48. The van der Waals surface area contributed by atoms with Gasteiger partial charge in [-0.3, -0.25) is 4.79 Å². The SMILES string of the molecule is O=C(NC1CN(c2nccn3cccc23)CC1O)c1ccn(-c2ccc(F)cc2)n1. The Balaban J connectivity index is 1.30. The summed E-state index contributed by atoms with van der Waals surface area (Å²) in [5.74, 6) is 0.0449. The van der Waals surface area contributed by atoms with Gasteiger partial charge in [0.2, 0.25) is 0 Å². The summed E-state index contributed by atoms with van der Waals surface area (Å²) in [7, 11) is 0. The summed E-state index contributed by atoms with van der Waals surface area (Å²) in [5, 5.41) is 17.6. The third-order valence-electron chi connectivity index (χ3n) is 5.25. The second-order valence-electron chi connectivity index (χ2n) is 7.23. The van der Waals surface area contributed by atoms with Crippen molar-refractivity contribution in [2.45, 2.75) is 12.1 Å². The lowest BCUT2D eigenvalue weighted by molar-refractivity contribution is 0.0883. The van der Waals surface area contributed by atoms with Crippen molar-refractivity contribution < 1.29 is 14.3 Å². The van der Waals surface area contributed by atoms with E-state index in [1.54, 1.807) is 30.6 Å². The average molecular weight is 406 g/mol. The van der Waals surface area contributed by atoms with Crippen LogP contribution in [0.25, 0.3) is 11.2 Å². The van der Waals surface area contributed by atoms with Crippen molar-refractivity contribution in [2.24, 2.45) is 0 Å². The number of aromatic nitrogens is 4. The quantitative estimate of drug-likeness (QED) is 0.538. The molecular weight excluding hydrogens is 387 g/mol. The van der Waals surface area contributed by atoms with Crippen LogP contribution >= 0.6 is 0 Å². The first-order chi connectivity index (χ1) is 14.6. The third-order valence-corrected chi connectivity index (χ3v) is 5.25. The number of carbonyl (C=O) groups is 1. The molecule has 0 bridgehead atoms. The zero-order valence-electron chi connectivity index (χ0n) is 15.9. The number of benzene rings is 1. The van der Waals surface area contributed by atoms with Gasteiger partial charge in [-0.2, -0.15) is 5.10 Å². The summed E-state index contributed by atoms with van der Waals surface area (Å²) in [6, 6.07) is 10.9. The van der Waals surface area contributed by atoms with Crippen molar-refractivity contribution in [1.82, 2.24) is 24.5 Å². The van der Waals surface area contributed by atoms with Crippen LogP contribution < -0.4 is 10.2 Å². The maximum atomic E-state index is 13.1. The van der Waals surface area contributed by atoms with Crippen LogP contribution in [0.2, 0.25) is 0 Å². The summed E-state index contributed by atoms with van der Waals surface area (Å²) < 4.78 is 16.6. The Morgan fingerprint density at radius 3 is 2.77 bits per heavy atom. The van der Waals surface area contributed by atoms with Gasteiger partial charge in [0, 0.05) is 37.9 Å². The number of nitrogens with one attached hydrogen (secondary N) is 1. The van der Waals surface area contributed by atoms with E-state index in [2.05, 4.69) is 15.4 Å². The second kappa shape index (κ2) is 7.27. The summed E-state index contributed by atoms with van der Waals surface area (Å²) >= 11 is 0. The topological polar surface area (TPSA) is 87.7 Å². The van der Waals surface area contributed by atoms with E-state index in [9.17, 15) is 14.3 Å². The van der Waals surface area contributed by atoms with E-state index in [0.29, 0.717) is 18.8 Å². The molecule has 2 unspecified atom stereocenters. The van der Waals surface area contributed by atoms with E-state index < -0.39 is 12.1 Å². The predicted molar refractivity (Wildman–Crippen MR) is 108 cm³/mol. The molecule has 0 aliphatic carbocycles. The van der Waals surface area contributed by atoms with Gasteiger partial charge in [0.25, 0.3) is 5.91 Å². The number of anilines is 1. The number of halogens is 1. The molecule has 9 heteroatoms. The number of fused-ring (bicyclic) bond motifs is 1. The Labute approximate surface area is 171 Å². The molecule has 4 heterocycles. The van der Waals surface area contributed by atoms with Crippen LogP contribution in [-0.2, 0) is 0 Å². The molecule has 4 aromatic rings. The van der Waals surface area contributed by atoms with Crippen molar-refractivity contribution in [3.63, 3.8) is 0 Å². The lowest BCUT2D eigenvalue weighted by Crippen LogP contribution is -2.43. The first-order valence-electron chi connectivity index (χ1n) is 9.56. The number of hydrogen-bond donors (Lipinski definition) is 2. The minimum Gasteiger partial charge on any atom is -0.389 e. The van der Waals surface area contributed by atoms with E-state index in [1.165, 1.54) is 16.8 Å². The van der Waals surface area contributed by atoms with Crippen LogP contribution in [0, 0.1) is 5.82 Å². The maximum absolute atomic E-state index is 13.1. The highest BCUT2D eigenvalue weighted by atomic mass is 19.1. The van der Waals surface area contributed by atoms with Gasteiger partial charge in [-0.05, 0) is 42.5 Å². The van der Waals surface area contributed by atoms with Crippen LogP contribution in [0.5, 0.6) is 0 Å². The number of carbonyl (C=O) groups excluding carboxylic acids is 1. The Hall–Kier alpha value is -3.72. The number of β-amino-alcohol motifs (C(OH)–C–C–N with tert-alkyl or cyclic N) is 1. The fourth-order valence-corrected chi connectivity index (χ4v) is 3.73. The fourth-order valence-electron chi connectivity index (χ4n) is 3.73. The molecule has 8 nitrogen and oxygen atoms in total.